The first-order valence-corrected chi connectivity index (χ1v) is 10.4. The highest BCUT2D eigenvalue weighted by molar-refractivity contribution is 7.15. The molecule has 4 aromatic rings. The molecule has 2 heterocycles. The van der Waals surface area contributed by atoms with Gasteiger partial charge in [0.2, 0.25) is 0 Å². The van der Waals surface area contributed by atoms with Gasteiger partial charge in [-0.05, 0) is 50.1 Å². The zero-order valence-electron chi connectivity index (χ0n) is 16.9. The highest BCUT2D eigenvalue weighted by Crippen LogP contribution is 2.26. The Bertz CT molecular complexity index is 1310. The quantitative estimate of drug-likeness (QED) is 0.471. The van der Waals surface area contributed by atoms with Gasteiger partial charge in [-0.3, -0.25) is 9.20 Å². The van der Waals surface area contributed by atoms with Crippen molar-refractivity contribution in [1.82, 2.24) is 9.38 Å². The Kier molecular flexibility index (Phi) is 5.37. The molecule has 0 aliphatic heterocycles. The van der Waals surface area contributed by atoms with E-state index < -0.39 is 5.97 Å². The first kappa shape index (κ1) is 19.8. The number of hydrogen-bond donors (Lipinski definition) is 1. The Morgan fingerprint density at radius 2 is 1.87 bits per heavy atom. The van der Waals surface area contributed by atoms with Crippen molar-refractivity contribution in [1.29, 1.82) is 0 Å². The Labute approximate surface area is 177 Å². The number of rotatable bonds is 5. The average molecular weight is 420 g/mol. The van der Waals surface area contributed by atoms with E-state index in [0.29, 0.717) is 21.9 Å². The minimum Gasteiger partial charge on any atom is -0.456 e. The highest BCUT2D eigenvalue weighted by atomic mass is 32.1. The molecule has 0 saturated heterocycles. The lowest BCUT2D eigenvalue weighted by Crippen LogP contribution is -2.16. The largest absolute Gasteiger partial charge is 0.456 e. The second-order valence-corrected chi connectivity index (χ2v) is 7.91. The molecule has 0 fully saturated rings. The molecule has 6 nitrogen and oxygen atoms in total. The topological polar surface area (TPSA) is 72.7 Å². The van der Waals surface area contributed by atoms with Gasteiger partial charge in [0.05, 0.1) is 16.9 Å². The highest BCUT2D eigenvalue weighted by Gasteiger charge is 2.15. The van der Waals surface area contributed by atoms with Crippen LogP contribution in [-0.4, -0.2) is 15.4 Å². The molecule has 2 aromatic carbocycles. The predicted octanol–water partition coefficient (Wildman–Crippen LogP) is 4.78. The van der Waals surface area contributed by atoms with E-state index in [1.54, 1.807) is 16.5 Å². The van der Waals surface area contributed by atoms with Gasteiger partial charge in [0.15, 0.2) is 4.96 Å². The lowest BCUT2D eigenvalue weighted by molar-refractivity contribution is 0.0469. The number of nitrogens with zero attached hydrogens (tertiary/aromatic N) is 2. The molecule has 2 aromatic heterocycles. The van der Waals surface area contributed by atoms with Gasteiger partial charge in [0.25, 0.3) is 5.56 Å². The van der Waals surface area contributed by atoms with Gasteiger partial charge in [-0.2, -0.15) is 0 Å². The fraction of sp³-hybridized carbons (Fsp3) is 0.174. The van der Waals surface area contributed by atoms with Crippen molar-refractivity contribution in [2.75, 3.05) is 5.32 Å². The third-order valence-corrected chi connectivity index (χ3v) is 5.94. The monoisotopic (exact) mass is 419 g/mol. The summed E-state index contributed by atoms with van der Waals surface area (Å²) in [5.41, 5.74) is 5.38. The molecule has 0 aliphatic carbocycles. The van der Waals surface area contributed by atoms with Crippen molar-refractivity contribution >= 4 is 33.6 Å². The number of fused-ring (bicyclic) bond motifs is 1. The SMILES string of the molecule is Cc1cccc(Nc2ccccc2C(=O)OCc2cc(=O)n3c(C)csc3n2)c1C. The van der Waals surface area contributed by atoms with Gasteiger partial charge in [-0.15, -0.1) is 11.3 Å². The molecule has 0 bridgehead atoms. The van der Waals surface area contributed by atoms with Crippen molar-refractivity contribution in [2.24, 2.45) is 0 Å². The van der Waals surface area contributed by atoms with Crippen LogP contribution in [0, 0.1) is 20.8 Å². The van der Waals surface area contributed by atoms with E-state index in [-0.39, 0.29) is 12.2 Å². The van der Waals surface area contributed by atoms with Gasteiger partial charge in [-0.1, -0.05) is 24.3 Å². The Morgan fingerprint density at radius 1 is 1.10 bits per heavy atom. The normalized spacial score (nSPS) is 10.9. The zero-order valence-corrected chi connectivity index (χ0v) is 17.7. The maximum atomic E-state index is 12.8. The summed E-state index contributed by atoms with van der Waals surface area (Å²) >= 11 is 1.38. The Morgan fingerprint density at radius 3 is 2.70 bits per heavy atom. The minimum absolute atomic E-state index is 0.0701. The van der Waals surface area contributed by atoms with Gasteiger partial charge in [0.1, 0.15) is 6.61 Å². The number of nitrogens with one attached hydrogen (secondary N) is 1. The van der Waals surface area contributed by atoms with Crippen molar-refractivity contribution < 1.29 is 9.53 Å². The summed E-state index contributed by atoms with van der Waals surface area (Å²) in [6.07, 6.45) is 0. The van der Waals surface area contributed by atoms with E-state index in [4.69, 9.17) is 4.74 Å². The summed E-state index contributed by atoms with van der Waals surface area (Å²) in [7, 11) is 0. The lowest BCUT2D eigenvalue weighted by atomic mass is 10.1. The smallest absolute Gasteiger partial charge is 0.340 e. The molecular formula is C23H21N3O3S. The Balaban J connectivity index is 1.54. The molecule has 30 heavy (non-hydrogen) atoms. The van der Waals surface area contributed by atoms with Gasteiger partial charge >= 0.3 is 5.97 Å². The number of carbonyl (C=O) groups excluding carboxylic acids is 1. The number of aryl methyl sites for hydroxylation is 2. The van der Waals surface area contributed by atoms with Crippen LogP contribution in [0.2, 0.25) is 0 Å². The number of thiazole rings is 1. The second kappa shape index (κ2) is 8.12. The summed E-state index contributed by atoms with van der Waals surface area (Å²) < 4.78 is 7.01. The van der Waals surface area contributed by atoms with E-state index in [2.05, 4.69) is 10.3 Å². The van der Waals surface area contributed by atoms with Gasteiger partial charge in [-0.25, -0.2) is 9.78 Å². The van der Waals surface area contributed by atoms with Crippen LogP contribution in [0.25, 0.3) is 4.96 Å². The van der Waals surface area contributed by atoms with Crippen LogP contribution in [-0.2, 0) is 11.3 Å². The maximum Gasteiger partial charge on any atom is 0.340 e. The molecule has 0 unspecified atom stereocenters. The molecule has 4 rings (SSSR count). The molecule has 0 radical (unpaired) electrons. The molecule has 0 aliphatic rings. The summed E-state index contributed by atoms with van der Waals surface area (Å²) in [4.78, 5) is 30.1. The third kappa shape index (κ3) is 3.84. The number of benzene rings is 2. The number of ether oxygens (including phenoxy) is 1. The number of carbonyl (C=O) groups is 1. The van der Waals surface area contributed by atoms with E-state index in [0.717, 1.165) is 22.5 Å². The summed E-state index contributed by atoms with van der Waals surface area (Å²) in [5.74, 6) is -0.479. The maximum absolute atomic E-state index is 12.8. The zero-order chi connectivity index (χ0) is 21.3. The molecule has 0 saturated carbocycles. The summed E-state index contributed by atoms with van der Waals surface area (Å²) in [6.45, 7) is 5.86. The average Bonchev–Trinajstić information content (AvgIpc) is 3.11. The number of hydrogen-bond acceptors (Lipinski definition) is 6. The van der Waals surface area contributed by atoms with Crippen LogP contribution in [0.4, 0.5) is 11.4 Å². The number of esters is 1. The molecule has 7 heteroatoms. The van der Waals surface area contributed by atoms with E-state index in [1.807, 2.05) is 56.5 Å². The van der Waals surface area contributed by atoms with Crippen molar-refractivity contribution in [3.63, 3.8) is 0 Å². The van der Waals surface area contributed by atoms with Crippen LogP contribution in [0.5, 0.6) is 0 Å². The van der Waals surface area contributed by atoms with Crippen molar-refractivity contribution in [3.8, 4) is 0 Å². The lowest BCUT2D eigenvalue weighted by Gasteiger charge is -2.14. The van der Waals surface area contributed by atoms with E-state index in [9.17, 15) is 9.59 Å². The Hall–Kier alpha value is -3.45. The molecule has 152 valence electrons. The van der Waals surface area contributed by atoms with Gasteiger partial charge in [0, 0.05) is 22.8 Å². The molecule has 0 amide bonds. The molecule has 0 atom stereocenters. The van der Waals surface area contributed by atoms with Gasteiger partial charge < -0.3 is 10.1 Å². The first-order valence-electron chi connectivity index (χ1n) is 9.50. The van der Waals surface area contributed by atoms with Crippen molar-refractivity contribution in [2.45, 2.75) is 27.4 Å². The number of aromatic nitrogens is 2. The summed E-state index contributed by atoms with van der Waals surface area (Å²) in [5, 5.41) is 5.20. The standard InChI is InChI=1S/C23H21N3O3S/c1-14-7-6-10-19(16(14)3)25-20-9-5-4-8-18(20)22(28)29-12-17-11-21(27)26-15(2)13-30-23(26)24-17/h4-11,13,25H,12H2,1-3H3. The third-order valence-electron chi connectivity index (χ3n) is 5.00. The number of para-hydroxylation sites is 1. The van der Waals surface area contributed by atoms with Crippen LogP contribution >= 0.6 is 11.3 Å². The summed E-state index contributed by atoms with van der Waals surface area (Å²) in [6, 6.07) is 14.6. The van der Waals surface area contributed by atoms with Crippen molar-refractivity contribution in [3.05, 3.63) is 92.3 Å². The fourth-order valence-corrected chi connectivity index (χ4v) is 4.08. The van der Waals surface area contributed by atoms with Crippen LogP contribution in [0.1, 0.15) is 32.9 Å². The molecular weight excluding hydrogens is 398 g/mol. The number of anilines is 2. The molecule has 0 spiro atoms. The van der Waals surface area contributed by atoms with Crippen LogP contribution in [0.3, 0.4) is 0 Å². The first-order chi connectivity index (χ1) is 14.4. The second-order valence-electron chi connectivity index (χ2n) is 7.07. The molecule has 1 N–H and O–H groups in total. The van der Waals surface area contributed by atoms with E-state index in [1.165, 1.54) is 17.4 Å². The van der Waals surface area contributed by atoms with Crippen LogP contribution < -0.4 is 10.9 Å². The van der Waals surface area contributed by atoms with Crippen LogP contribution in [0.15, 0.2) is 58.7 Å². The van der Waals surface area contributed by atoms with E-state index >= 15 is 0 Å². The fourth-order valence-electron chi connectivity index (χ4n) is 3.19. The minimum atomic E-state index is -0.479. The predicted molar refractivity (Wildman–Crippen MR) is 119 cm³/mol.